The fourth-order valence-corrected chi connectivity index (χ4v) is 1.33. The maximum Gasteiger partial charge on any atom is 0.152 e. The zero-order chi connectivity index (χ0) is 11.7. The van der Waals surface area contributed by atoms with Crippen molar-refractivity contribution in [3.8, 4) is 0 Å². The largest absolute Gasteiger partial charge is 0.393 e. The van der Waals surface area contributed by atoms with E-state index in [0.29, 0.717) is 0 Å². The van der Waals surface area contributed by atoms with Gasteiger partial charge in [0.15, 0.2) is 5.67 Å². The second-order valence-electron chi connectivity index (χ2n) is 4.04. The lowest BCUT2D eigenvalue weighted by Crippen LogP contribution is -2.53. The number of aliphatic hydroxyl groups is 1. The van der Waals surface area contributed by atoms with E-state index in [4.69, 9.17) is 10.8 Å². The van der Waals surface area contributed by atoms with Gasteiger partial charge in [0.05, 0.1) is 12.1 Å². The molecule has 1 aromatic carbocycles. The smallest absolute Gasteiger partial charge is 0.152 e. The van der Waals surface area contributed by atoms with E-state index >= 15 is 0 Å². The van der Waals surface area contributed by atoms with Gasteiger partial charge in [-0.1, -0.05) is 18.2 Å². The molecule has 0 radical (unpaired) electrons. The first-order valence-corrected chi connectivity index (χ1v) is 4.66. The van der Waals surface area contributed by atoms with E-state index in [2.05, 4.69) is 0 Å². The van der Waals surface area contributed by atoms with Crippen molar-refractivity contribution in [2.24, 2.45) is 5.73 Å². The molecule has 1 rings (SSSR count). The van der Waals surface area contributed by atoms with Crippen molar-refractivity contribution in [3.63, 3.8) is 0 Å². The van der Waals surface area contributed by atoms with Crippen LogP contribution in [-0.2, 0) is 5.54 Å². The molecule has 0 saturated heterocycles. The molecule has 2 unspecified atom stereocenters. The topological polar surface area (TPSA) is 46.2 Å². The van der Waals surface area contributed by atoms with Crippen LogP contribution in [-0.4, -0.2) is 17.4 Å². The molecule has 2 nitrogen and oxygen atoms in total. The quantitative estimate of drug-likeness (QED) is 0.806. The van der Waals surface area contributed by atoms with Gasteiger partial charge >= 0.3 is 0 Å². The summed E-state index contributed by atoms with van der Waals surface area (Å²) in [6.07, 6.45) is 0. The lowest BCUT2D eigenvalue weighted by molar-refractivity contribution is 0.0177. The summed E-state index contributed by atoms with van der Waals surface area (Å²) in [5, 5.41) is 8.90. The second-order valence-corrected chi connectivity index (χ2v) is 4.04. The standard InChI is InChI=1S/C11H15F2NO/c1-10(13,7-15)11(2,14)8-5-3-4-6-9(8)12/h3-6,15H,7,14H2,1-2H3. The molecule has 0 aliphatic carbocycles. The summed E-state index contributed by atoms with van der Waals surface area (Å²) in [6, 6.07) is 5.72. The summed E-state index contributed by atoms with van der Waals surface area (Å²) in [7, 11) is 0. The average Bonchev–Trinajstić information content (AvgIpc) is 2.18. The fraction of sp³-hybridized carbons (Fsp3) is 0.455. The maximum absolute atomic E-state index is 13.9. The van der Waals surface area contributed by atoms with Crippen LogP contribution in [0.25, 0.3) is 0 Å². The highest BCUT2D eigenvalue weighted by atomic mass is 19.1. The number of alkyl halides is 1. The Kier molecular flexibility index (Phi) is 3.11. The molecule has 0 heterocycles. The van der Waals surface area contributed by atoms with Gasteiger partial charge in [0.25, 0.3) is 0 Å². The SMILES string of the molecule is CC(F)(CO)C(C)(N)c1ccccc1F. The molecule has 2 atom stereocenters. The predicted molar refractivity (Wildman–Crippen MR) is 54.5 cm³/mol. The minimum absolute atomic E-state index is 0.0593. The predicted octanol–water partition coefficient (Wildman–Crippen LogP) is 1.72. The lowest BCUT2D eigenvalue weighted by Gasteiger charge is -2.36. The van der Waals surface area contributed by atoms with Crippen molar-refractivity contribution >= 4 is 0 Å². The maximum atomic E-state index is 13.9. The second kappa shape index (κ2) is 3.87. The van der Waals surface area contributed by atoms with Crippen molar-refractivity contribution in [1.29, 1.82) is 0 Å². The molecular weight excluding hydrogens is 200 g/mol. The van der Waals surface area contributed by atoms with Crippen molar-refractivity contribution < 1.29 is 13.9 Å². The Morgan fingerprint density at radius 2 is 1.87 bits per heavy atom. The Morgan fingerprint density at radius 3 is 2.33 bits per heavy atom. The van der Waals surface area contributed by atoms with E-state index in [9.17, 15) is 8.78 Å². The van der Waals surface area contributed by atoms with Gasteiger partial charge in [-0.15, -0.1) is 0 Å². The van der Waals surface area contributed by atoms with E-state index in [-0.39, 0.29) is 5.56 Å². The monoisotopic (exact) mass is 215 g/mol. The summed E-state index contributed by atoms with van der Waals surface area (Å²) < 4.78 is 27.3. The van der Waals surface area contributed by atoms with Crippen LogP contribution in [0.5, 0.6) is 0 Å². The number of aliphatic hydroxyl groups excluding tert-OH is 1. The molecule has 0 fully saturated rings. The van der Waals surface area contributed by atoms with E-state index in [1.807, 2.05) is 0 Å². The van der Waals surface area contributed by atoms with Crippen molar-refractivity contribution in [2.75, 3.05) is 6.61 Å². The summed E-state index contributed by atoms with van der Waals surface area (Å²) in [4.78, 5) is 0. The highest BCUT2D eigenvalue weighted by Crippen LogP contribution is 2.34. The average molecular weight is 215 g/mol. The highest BCUT2D eigenvalue weighted by molar-refractivity contribution is 5.28. The third-order valence-corrected chi connectivity index (χ3v) is 2.81. The zero-order valence-corrected chi connectivity index (χ0v) is 8.80. The van der Waals surface area contributed by atoms with Gasteiger partial charge in [0, 0.05) is 5.56 Å². The summed E-state index contributed by atoms with van der Waals surface area (Å²) in [5.74, 6) is -0.570. The first-order chi connectivity index (χ1) is 6.83. The molecule has 15 heavy (non-hydrogen) atoms. The Hall–Kier alpha value is -1.00. The van der Waals surface area contributed by atoms with Gasteiger partial charge < -0.3 is 10.8 Å². The van der Waals surface area contributed by atoms with Crippen LogP contribution in [0.3, 0.4) is 0 Å². The molecule has 0 aliphatic rings. The lowest BCUT2D eigenvalue weighted by atomic mass is 9.79. The van der Waals surface area contributed by atoms with Gasteiger partial charge in [-0.3, -0.25) is 0 Å². The Morgan fingerprint density at radius 1 is 1.33 bits per heavy atom. The van der Waals surface area contributed by atoms with Gasteiger partial charge in [-0.25, -0.2) is 8.78 Å². The molecular formula is C11H15F2NO. The first kappa shape index (κ1) is 12.1. The molecule has 0 amide bonds. The van der Waals surface area contributed by atoms with Crippen LogP contribution in [0, 0.1) is 5.82 Å². The molecule has 0 saturated carbocycles. The summed E-state index contributed by atoms with van der Waals surface area (Å²) >= 11 is 0. The molecule has 1 aromatic rings. The number of nitrogens with two attached hydrogens (primary N) is 1. The number of rotatable bonds is 3. The Bertz CT molecular complexity index is 350. The molecule has 4 heteroatoms. The van der Waals surface area contributed by atoms with Crippen LogP contribution >= 0.6 is 0 Å². The molecule has 3 N–H and O–H groups in total. The Labute approximate surface area is 87.7 Å². The van der Waals surface area contributed by atoms with E-state index < -0.39 is 23.6 Å². The summed E-state index contributed by atoms with van der Waals surface area (Å²) in [6.45, 7) is 1.76. The van der Waals surface area contributed by atoms with Gasteiger partial charge in [-0.05, 0) is 19.9 Å². The van der Waals surface area contributed by atoms with Crippen LogP contribution in [0.4, 0.5) is 8.78 Å². The van der Waals surface area contributed by atoms with Crippen LogP contribution < -0.4 is 5.73 Å². The van der Waals surface area contributed by atoms with E-state index in [0.717, 1.165) is 6.92 Å². The minimum atomic E-state index is -2.07. The molecule has 0 spiro atoms. The van der Waals surface area contributed by atoms with Gasteiger partial charge in [0.2, 0.25) is 0 Å². The van der Waals surface area contributed by atoms with Crippen LogP contribution in [0.1, 0.15) is 19.4 Å². The normalized spacial score (nSPS) is 19.3. The van der Waals surface area contributed by atoms with Crippen LogP contribution in [0.2, 0.25) is 0 Å². The minimum Gasteiger partial charge on any atom is -0.393 e. The first-order valence-electron chi connectivity index (χ1n) is 4.66. The van der Waals surface area contributed by atoms with E-state index in [1.54, 1.807) is 6.07 Å². The molecule has 0 aromatic heterocycles. The Balaban J connectivity index is 3.22. The summed E-state index contributed by atoms with van der Waals surface area (Å²) in [5.41, 5.74) is 2.17. The van der Waals surface area contributed by atoms with Crippen molar-refractivity contribution in [3.05, 3.63) is 35.6 Å². The highest BCUT2D eigenvalue weighted by Gasteiger charge is 2.44. The van der Waals surface area contributed by atoms with Crippen LogP contribution in [0.15, 0.2) is 24.3 Å². The number of hydrogen-bond acceptors (Lipinski definition) is 2. The fourth-order valence-electron chi connectivity index (χ4n) is 1.33. The zero-order valence-electron chi connectivity index (χ0n) is 8.80. The molecule has 84 valence electrons. The number of halogens is 2. The third kappa shape index (κ3) is 2.01. The molecule has 0 aliphatic heterocycles. The number of benzene rings is 1. The van der Waals surface area contributed by atoms with Gasteiger partial charge in [0.1, 0.15) is 5.82 Å². The number of hydrogen-bond donors (Lipinski definition) is 2. The molecule has 0 bridgehead atoms. The van der Waals surface area contributed by atoms with Gasteiger partial charge in [-0.2, -0.15) is 0 Å². The van der Waals surface area contributed by atoms with E-state index in [1.165, 1.54) is 25.1 Å². The van der Waals surface area contributed by atoms with Crippen molar-refractivity contribution in [2.45, 2.75) is 25.1 Å². The van der Waals surface area contributed by atoms with Crippen molar-refractivity contribution in [1.82, 2.24) is 0 Å². The third-order valence-electron chi connectivity index (χ3n) is 2.81.